The highest BCUT2D eigenvalue weighted by Crippen LogP contribution is 2.27. The third kappa shape index (κ3) is 5.90. The SMILES string of the molecule is CC(C)COc1ccc(C(=O)N(Cc2ccc(Cl)cc2Cl)C2CCS(=O)(=O)C2)cc1. The zero-order valence-corrected chi connectivity index (χ0v) is 19.3. The van der Waals surface area contributed by atoms with E-state index in [-0.39, 0.29) is 24.0 Å². The van der Waals surface area contributed by atoms with Crippen molar-refractivity contribution in [2.75, 3.05) is 18.1 Å². The Bertz CT molecular complexity index is 1010. The second kappa shape index (κ2) is 9.58. The molecule has 30 heavy (non-hydrogen) atoms. The van der Waals surface area contributed by atoms with E-state index in [2.05, 4.69) is 13.8 Å². The number of amides is 1. The quantitative estimate of drug-likeness (QED) is 0.580. The maximum atomic E-state index is 13.3. The Balaban J connectivity index is 1.84. The average molecular weight is 470 g/mol. The molecule has 5 nitrogen and oxygen atoms in total. The third-order valence-electron chi connectivity index (χ3n) is 4.95. The average Bonchev–Trinajstić information content (AvgIpc) is 3.05. The number of ether oxygens (including phenoxy) is 1. The molecule has 1 amide bonds. The van der Waals surface area contributed by atoms with Crippen molar-refractivity contribution >= 4 is 38.9 Å². The minimum atomic E-state index is -3.16. The van der Waals surface area contributed by atoms with Crippen molar-refractivity contribution < 1.29 is 17.9 Å². The van der Waals surface area contributed by atoms with E-state index >= 15 is 0 Å². The van der Waals surface area contributed by atoms with E-state index in [1.807, 2.05) is 0 Å². The van der Waals surface area contributed by atoms with Crippen molar-refractivity contribution in [1.29, 1.82) is 0 Å². The smallest absolute Gasteiger partial charge is 0.254 e. The number of hydrogen-bond donors (Lipinski definition) is 0. The van der Waals surface area contributed by atoms with Crippen molar-refractivity contribution in [3.8, 4) is 5.75 Å². The molecule has 0 aromatic heterocycles. The highest BCUT2D eigenvalue weighted by molar-refractivity contribution is 7.91. The summed E-state index contributed by atoms with van der Waals surface area (Å²) in [5.74, 6) is 0.891. The van der Waals surface area contributed by atoms with Gasteiger partial charge >= 0.3 is 0 Å². The lowest BCUT2D eigenvalue weighted by Gasteiger charge is -2.29. The molecule has 0 N–H and O–H groups in total. The van der Waals surface area contributed by atoms with Crippen LogP contribution < -0.4 is 4.74 Å². The Morgan fingerprint density at radius 1 is 1.17 bits per heavy atom. The molecule has 1 aliphatic heterocycles. The van der Waals surface area contributed by atoms with Gasteiger partial charge in [0.25, 0.3) is 5.91 Å². The van der Waals surface area contributed by atoms with Gasteiger partial charge in [0.1, 0.15) is 5.75 Å². The molecule has 1 fully saturated rings. The predicted molar refractivity (Wildman–Crippen MR) is 120 cm³/mol. The Hall–Kier alpha value is -1.76. The maximum absolute atomic E-state index is 13.3. The van der Waals surface area contributed by atoms with Gasteiger partial charge in [0.2, 0.25) is 0 Å². The maximum Gasteiger partial charge on any atom is 0.254 e. The summed E-state index contributed by atoms with van der Waals surface area (Å²) in [5.41, 5.74) is 1.19. The molecule has 1 saturated heterocycles. The Kier molecular flexibility index (Phi) is 7.32. The number of hydrogen-bond acceptors (Lipinski definition) is 4. The number of rotatable bonds is 7. The lowest BCUT2D eigenvalue weighted by Crippen LogP contribution is -2.40. The second-order valence-corrected chi connectivity index (χ2v) is 11.0. The first-order chi connectivity index (χ1) is 14.1. The molecule has 0 spiro atoms. The molecule has 0 saturated carbocycles. The van der Waals surface area contributed by atoms with Crippen LogP contribution in [0.4, 0.5) is 0 Å². The van der Waals surface area contributed by atoms with Crippen LogP contribution in [0.5, 0.6) is 5.75 Å². The van der Waals surface area contributed by atoms with Gasteiger partial charge in [-0.3, -0.25) is 4.79 Å². The predicted octanol–water partition coefficient (Wildman–Crippen LogP) is 4.86. The van der Waals surface area contributed by atoms with Crippen LogP contribution in [0, 0.1) is 5.92 Å². The first-order valence-electron chi connectivity index (χ1n) is 9.83. The highest BCUT2D eigenvalue weighted by atomic mass is 35.5. The fourth-order valence-electron chi connectivity index (χ4n) is 3.34. The van der Waals surface area contributed by atoms with Crippen LogP contribution in [0.25, 0.3) is 0 Å². The molecule has 1 aliphatic rings. The fraction of sp³-hybridized carbons (Fsp3) is 0.409. The van der Waals surface area contributed by atoms with E-state index in [4.69, 9.17) is 27.9 Å². The lowest BCUT2D eigenvalue weighted by molar-refractivity contribution is 0.0681. The molecule has 1 unspecified atom stereocenters. The van der Waals surface area contributed by atoms with E-state index in [0.29, 0.717) is 40.3 Å². The molecule has 3 rings (SSSR count). The monoisotopic (exact) mass is 469 g/mol. The fourth-order valence-corrected chi connectivity index (χ4v) is 5.54. The molecule has 8 heteroatoms. The van der Waals surface area contributed by atoms with Crippen molar-refractivity contribution in [3.05, 3.63) is 63.6 Å². The summed E-state index contributed by atoms with van der Waals surface area (Å²) < 4.78 is 29.8. The van der Waals surface area contributed by atoms with Gasteiger partial charge in [0, 0.05) is 28.2 Å². The van der Waals surface area contributed by atoms with Gasteiger partial charge in [-0.2, -0.15) is 0 Å². The van der Waals surface area contributed by atoms with Crippen molar-refractivity contribution in [1.82, 2.24) is 4.90 Å². The van der Waals surface area contributed by atoms with Gasteiger partial charge in [-0.1, -0.05) is 43.1 Å². The number of carbonyl (C=O) groups is 1. The van der Waals surface area contributed by atoms with Crippen molar-refractivity contribution in [2.24, 2.45) is 5.92 Å². The van der Waals surface area contributed by atoms with E-state index in [9.17, 15) is 13.2 Å². The molecular weight excluding hydrogens is 445 g/mol. The van der Waals surface area contributed by atoms with Gasteiger partial charge in [0.05, 0.1) is 18.1 Å². The summed E-state index contributed by atoms with van der Waals surface area (Å²) in [4.78, 5) is 14.9. The van der Waals surface area contributed by atoms with E-state index in [1.165, 1.54) is 0 Å². The van der Waals surface area contributed by atoms with Gasteiger partial charge in [-0.05, 0) is 54.3 Å². The molecule has 1 atom stereocenters. The van der Waals surface area contributed by atoms with Crippen LogP contribution in [0.15, 0.2) is 42.5 Å². The van der Waals surface area contributed by atoms with E-state index in [1.54, 1.807) is 47.4 Å². The van der Waals surface area contributed by atoms with Crippen LogP contribution in [0.3, 0.4) is 0 Å². The number of halogens is 2. The molecule has 0 aliphatic carbocycles. The summed E-state index contributed by atoms with van der Waals surface area (Å²) in [7, 11) is -3.16. The second-order valence-electron chi connectivity index (χ2n) is 7.95. The summed E-state index contributed by atoms with van der Waals surface area (Å²) in [6.07, 6.45) is 0.412. The number of sulfone groups is 1. The summed E-state index contributed by atoms with van der Waals surface area (Å²) >= 11 is 12.3. The Morgan fingerprint density at radius 2 is 1.87 bits per heavy atom. The van der Waals surface area contributed by atoms with E-state index in [0.717, 1.165) is 5.56 Å². The third-order valence-corrected chi connectivity index (χ3v) is 7.29. The van der Waals surface area contributed by atoms with Gasteiger partial charge in [-0.15, -0.1) is 0 Å². The molecule has 0 radical (unpaired) electrons. The van der Waals surface area contributed by atoms with E-state index < -0.39 is 15.9 Å². The van der Waals surface area contributed by atoms with Crippen LogP contribution in [0.1, 0.15) is 36.2 Å². The summed E-state index contributed by atoms with van der Waals surface area (Å²) in [6.45, 7) is 4.93. The standard InChI is InChI=1S/C22H25Cl2NO4S/c1-15(2)13-29-20-7-4-16(5-8-20)22(26)25(19-9-10-30(27,28)14-19)12-17-3-6-18(23)11-21(17)24/h3-8,11,15,19H,9-10,12-14H2,1-2H3. The van der Waals surface area contributed by atoms with Gasteiger partial charge < -0.3 is 9.64 Å². The molecular formula is C22H25Cl2NO4S. The van der Waals surface area contributed by atoms with Crippen LogP contribution in [-0.2, 0) is 16.4 Å². The highest BCUT2D eigenvalue weighted by Gasteiger charge is 2.35. The summed E-state index contributed by atoms with van der Waals surface area (Å²) in [5, 5.41) is 0.945. The molecule has 0 bridgehead atoms. The Morgan fingerprint density at radius 3 is 2.43 bits per heavy atom. The molecule has 162 valence electrons. The molecule has 1 heterocycles. The normalized spacial score (nSPS) is 17.8. The zero-order valence-electron chi connectivity index (χ0n) is 17.0. The zero-order chi connectivity index (χ0) is 21.9. The Labute approximate surface area is 187 Å². The summed E-state index contributed by atoms with van der Waals surface area (Å²) in [6, 6.07) is 11.6. The molecule has 2 aromatic rings. The van der Waals surface area contributed by atoms with Gasteiger partial charge in [0.15, 0.2) is 9.84 Å². The lowest BCUT2D eigenvalue weighted by atomic mass is 10.1. The topological polar surface area (TPSA) is 63.7 Å². The number of benzene rings is 2. The number of nitrogens with zero attached hydrogens (tertiary/aromatic N) is 1. The van der Waals surface area contributed by atoms with Crippen LogP contribution in [-0.4, -0.2) is 43.4 Å². The minimum absolute atomic E-state index is 0.0421. The van der Waals surface area contributed by atoms with Crippen LogP contribution in [0.2, 0.25) is 10.0 Å². The van der Waals surface area contributed by atoms with Gasteiger partial charge in [-0.25, -0.2) is 8.42 Å². The molecule has 2 aromatic carbocycles. The first-order valence-corrected chi connectivity index (χ1v) is 12.4. The van der Waals surface area contributed by atoms with Crippen molar-refractivity contribution in [2.45, 2.75) is 32.9 Å². The van der Waals surface area contributed by atoms with Crippen LogP contribution >= 0.6 is 23.2 Å². The first kappa shape index (κ1) is 22.9. The number of carbonyl (C=O) groups excluding carboxylic acids is 1. The minimum Gasteiger partial charge on any atom is -0.493 e. The van der Waals surface area contributed by atoms with Crippen molar-refractivity contribution in [3.63, 3.8) is 0 Å². The largest absolute Gasteiger partial charge is 0.493 e.